The minimum Gasteiger partial charge on any atom is -0.369 e. The number of benzene rings is 2. The van der Waals surface area contributed by atoms with Crippen molar-refractivity contribution in [3.05, 3.63) is 65.0 Å². The van der Waals surface area contributed by atoms with Crippen molar-refractivity contribution in [2.75, 3.05) is 11.4 Å². The monoisotopic (exact) mass is 311 g/mol. The molecule has 3 rings (SSSR count). The van der Waals surface area contributed by atoms with Crippen LogP contribution in [0.3, 0.4) is 0 Å². The van der Waals surface area contributed by atoms with E-state index in [4.69, 9.17) is 0 Å². The summed E-state index contributed by atoms with van der Waals surface area (Å²) in [7, 11) is 0. The van der Waals surface area contributed by atoms with E-state index in [2.05, 4.69) is 36.1 Å². The largest absolute Gasteiger partial charge is 0.369 e. The van der Waals surface area contributed by atoms with Gasteiger partial charge in [0.15, 0.2) is 0 Å². The molecule has 2 aromatic carbocycles. The van der Waals surface area contributed by atoms with Crippen molar-refractivity contribution in [3.63, 3.8) is 0 Å². The molecule has 0 saturated carbocycles. The number of hydrogen-bond acceptors (Lipinski definition) is 1. The average molecular weight is 311 g/mol. The number of rotatable bonds is 4. The lowest BCUT2D eigenvalue weighted by molar-refractivity contribution is 0.435. The Kier molecular flexibility index (Phi) is 5.00. The zero-order valence-electron chi connectivity index (χ0n) is 14.2. The van der Waals surface area contributed by atoms with Crippen molar-refractivity contribution in [3.8, 4) is 0 Å². The van der Waals surface area contributed by atoms with Crippen molar-refractivity contribution in [1.29, 1.82) is 0 Å². The van der Waals surface area contributed by atoms with E-state index in [1.54, 1.807) is 6.07 Å². The summed E-state index contributed by atoms with van der Waals surface area (Å²) in [5, 5.41) is 0. The Morgan fingerprint density at radius 2 is 1.74 bits per heavy atom. The Hall–Kier alpha value is -1.83. The minimum atomic E-state index is -0.0531. The molecule has 0 amide bonds. The molecule has 0 spiro atoms. The van der Waals surface area contributed by atoms with Crippen LogP contribution >= 0.6 is 0 Å². The van der Waals surface area contributed by atoms with Gasteiger partial charge in [0.1, 0.15) is 5.82 Å². The third-order valence-corrected chi connectivity index (χ3v) is 4.95. The van der Waals surface area contributed by atoms with Crippen LogP contribution in [-0.2, 0) is 6.42 Å². The van der Waals surface area contributed by atoms with Gasteiger partial charge in [-0.2, -0.15) is 0 Å². The number of piperidine rings is 1. The van der Waals surface area contributed by atoms with Crippen LogP contribution in [0.15, 0.2) is 42.5 Å². The highest BCUT2D eigenvalue weighted by Crippen LogP contribution is 2.28. The number of halogens is 1. The number of hydrogen-bond donors (Lipinski definition) is 0. The van der Waals surface area contributed by atoms with E-state index in [1.807, 2.05) is 19.1 Å². The maximum absolute atomic E-state index is 14.1. The fraction of sp³-hybridized carbons (Fsp3) is 0.429. The van der Waals surface area contributed by atoms with Gasteiger partial charge in [-0.05, 0) is 75.3 Å². The van der Waals surface area contributed by atoms with Crippen molar-refractivity contribution in [1.82, 2.24) is 0 Å². The second-order valence-corrected chi connectivity index (χ2v) is 6.81. The van der Waals surface area contributed by atoms with E-state index in [9.17, 15) is 4.39 Å². The van der Waals surface area contributed by atoms with E-state index in [0.29, 0.717) is 6.04 Å². The molecular formula is C21H26FN. The van der Waals surface area contributed by atoms with Gasteiger partial charge in [0.2, 0.25) is 0 Å². The lowest BCUT2D eigenvalue weighted by Crippen LogP contribution is -2.39. The quantitative estimate of drug-likeness (QED) is 0.727. The Bertz CT molecular complexity index is 647. The van der Waals surface area contributed by atoms with Gasteiger partial charge in [0.05, 0.1) is 0 Å². The molecule has 1 aliphatic rings. The lowest BCUT2D eigenvalue weighted by Gasteiger charge is -2.38. The van der Waals surface area contributed by atoms with E-state index in [0.717, 1.165) is 30.5 Å². The Labute approximate surface area is 139 Å². The van der Waals surface area contributed by atoms with Crippen LogP contribution in [0.4, 0.5) is 10.1 Å². The Morgan fingerprint density at radius 3 is 2.48 bits per heavy atom. The topological polar surface area (TPSA) is 3.24 Å². The van der Waals surface area contributed by atoms with E-state index < -0.39 is 0 Å². The average Bonchev–Trinajstić information content (AvgIpc) is 2.55. The highest BCUT2D eigenvalue weighted by atomic mass is 19.1. The maximum Gasteiger partial charge on any atom is 0.126 e. The first-order valence-electron chi connectivity index (χ1n) is 8.72. The highest BCUT2D eigenvalue weighted by molar-refractivity contribution is 5.49. The minimum absolute atomic E-state index is 0.0531. The van der Waals surface area contributed by atoms with Gasteiger partial charge in [-0.25, -0.2) is 4.39 Å². The van der Waals surface area contributed by atoms with Crippen LogP contribution in [0.1, 0.15) is 42.4 Å². The van der Waals surface area contributed by atoms with Crippen molar-refractivity contribution in [2.24, 2.45) is 0 Å². The smallest absolute Gasteiger partial charge is 0.126 e. The molecule has 0 N–H and O–H groups in total. The molecule has 0 aromatic heterocycles. The lowest BCUT2D eigenvalue weighted by atomic mass is 9.94. The molecule has 0 radical (unpaired) electrons. The number of aryl methyl sites for hydroxylation is 3. The van der Waals surface area contributed by atoms with Gasteiger partial charge in [0, 0.05) is 18.3 Å². The molecule has 1 heterocycles. The van der Waals surface area contributed by atoms with Crippen LogP contribution in [0, 0.1) is 19.7 Å². The SMILES string of the molecule is Cc1ccc(N2CCCCC2CCc2ccc(C)cc2F)cc1. The molecule has 1 nitrogen and oxygen atoms in total. The molecule has 2 aromatic rings. The molecular weight excluding hydrogens is 285 g/mol. The molecule has 2 heteroatoms. The molecule has 1 atom stereocenters. The van der Waals surface area contributed by atoms with Crippen molar-refractivity contribution < 1.29 is 4.39 Å². The van der Waals surface area contributed by atoms with Gasteiger partial charge in [0.25, 0.3) is 0 Å². The molecule has 1 aliphatic heterocycles. The first-order valence-corrected chi connectivity index (χ1v) is 8.72. The van der Waals surface area contributed by atoms with Crippen LogP contribution < -0.4 is 4.90 Å². The van der Waals surface area contributed by atoms with Crippen LogP contribution in [0.5, 0.6) is 0 Å². The van der Waals surface area contributed by atoms with Gasteiger partial charge in [-0.15, -0.1) is 0 Å². The van der Waals surface area contributed by atoms with Gasteiger partial charge in [-0.3, -0.25) is 0 Å². The van der Waals surface area contributed by atoms with Crippen molar-refractivity contribution in [2.45, 2.75) is 52.0 Å². The Morgan fingerprint density at radius 1 is 1.00 bits per heavy atom. The fourth-order valence-electron chi connectivity index (χ4n) is 3.55. The normalized spacial score (nSPS) is 18.2. The van der Waals surface area contributed by atoms with Gasteiger partial charge in [-0.1, -0.05) is 29.8 Å². The van der Waals surface area contributed by atoms with E-state index >= 15 is 0 Å². The molecule has 0 bridgehead atoms. The van der Waals surface area contributed by atoms with Crippen molar-refractivity contribution >= 4 is 5.69 Å². The first kappa shape index (κ1) is 16.0. The predicted molar refractivity (Wildman–Crippen MR) is 95.6 cm³/mol. The summed E-state index contributed by atoms with van der Waals surface area (Å²) >= 11 is 0. The van der Waals surface area contributed by atoms with Crippen LogP contribution in [0.2, 0.25) is 0 Å². The van der Waals surface area contributed by atoms with Gasteiger partial charge < -0.3 is 4.90 Å². The molecule has 1 unspecified atom stereocenters. The molecule has 122 valence electrons. The highest BCUT2D eigenvalue weighted by Gasteiger charge is 2.22. The summed E-state index contributed by atoms with van der Waals surface area (Å²) in [5.74, 6) is -0.0531. The summed E-state index contributed by atoms with van der Waals surface area (Å²) in [6.07, 6.45) is 5.58. The number of nitrogens with zero attached hydrogens (tertiary/aromatic N) is 1. The molecule has 0 aliphatic carbocycles. The second kappa shape index (κ2) is 7.16. The molecule has 1 saturated heterocycles. The molecule has 23 heavy (non-hydrogen) atoms. The summed E-state index contributed by atoms with van der Waals surface area (Å²) < 4.78 is 14.1. The summed E-state index contributed by atoms with van der Waals surface area (Å²) in [4.78, 5) is 2.52. The molecule has 1 fully saturated rings. The summed E-state index contributed by atoms with van der Waals surface area (Å²) in [5.41, 5.74) is 4.45. The first-order chi connectivity index (χ1) is 11.1. The summed E-state index contributed by atoms with van der Waals surface area (Å²) in [6.45, 7) is 5.18. The number of anilines is 1. The third-order valence-electron chi connectivity index (χ3n) is 4.95. The zero-order chi connectivity index (χ0) is 16.2. The second-order valence-electron chi connectivity index (χ2n) is 6.81. The zero-order valence-corrected chi connectivity index (χ0v) is 14.2. The predicted octanol–water partition coefficient (Wildman–Crippen LogP) is 5.43. The van der Waals surface area contributed by atoms with E-state index in [-0.39, 0.29) is 5.82 Å². The maximum atomic E-state index is 14.1. The van der Waals surface area contributed by atoms with Crippen LogP contribution in [-0.4, -0.2) is 12.6 Å². The van der Waals surface area contributed by atoms with E-state index in [1.165, 1.54) is 30.5 Å². The fourth-order valence-corrected chi connectivity index (χ4v) is 3.55. The third kappa shape index (κ3) is 3.93. The standard InChI is InChI=1S/C21H26FN/c1-16-7-11-20(12-8-16)23-14-4-3-5-19(23)13-10-18-9-6-17(2)15-21(18)22/h6-9,11-12,15,19H,3-5,10,13-14H2,1-2H3. The Balaban J connectivity index is 1.70. The summed E-state index contributed by atoms with van der Waals surface area (Å²) in [6, 6.07) is 14.9. The van der Waals surface area contributed by atoms with Gasteiger partial charge >= 0.3 is 0 Å². The van der Waals surface area contributed by atoms with Crippen LogP contribution in [0.25, 0.3) is 0 Å².